The van der Waals surface area contributed by atoms with Gasteiger partial charge < -0.3 is 5.11 Å². The number of aliphatic hydroxyl groups excluding tert-OH is 1. The van der Waals surface area contributed by atoms with Crippen LogP contribution in [0.1, 0.15) is 37.5 Å². The van der Waals surface area contributed by atoms with E-state index in [4.69, 9.17) is 11.6 Å². The van der Waals surface area contributed by atoms with E-state index in [1.165, 1.54) is 23.9 Å². The maximum absolute atomic E-state index is 10.7. The summed E-state index contributed by atoms with van der Waals surface area (Å²) in [6, 6.07) is 7.73. The van der Waals surface area contributed by atoms with Crippen LogP contribution in [0.3, 0.4) is 0 Å². The van der Waals surface area contributed by atoms with E-state index in [0.717, 1.165) is 5.56 Å². The fourth-order valence-electron chi connectivity index (χ4n) is 2.87. The van der Waals surface area contributed by atoms with Gasteiger partial charge in [0.2, 0.25) is 0 Å². The fourth-order valence-corrected chi connectivity index (χ4v) is 2.99. The van der Waals surface area contributed by atoms with Gasteiger partial charge in [-0.1, -0.05) is 30.7 Å². The Morgan fingerprint density at radius 1 is 1.30 bits per heavy atom. The van der Waals surface area contributed by atoms with E-state index >= 15 is 0 Å². The lowest BCUT2D eigenvalue weighted by molar-refractivity contribution is 0.0376. The number of aromatic nitrogens is 3. The summed E-state index contributed by atoms with van der Waals surface area (Å²) < 4.78 is 1.53. The van der Waals surface area contributed by atoms with Gasteiger partial charge in [-0.2, -0.15) is 5.10 Å². The molecule has 0 amide bonds. The van der Waals surface area contributed by atoms with Crippen LogP contribution < -0.4 is 0 Å². The van der Waals surface area contributed by atoms with Crippen molar-refractivity contribution in [2.75, 3.05) is 0 Å². The minimum atomic E-state index is -0.700. The van der Waals surface area contributed by atoms with Gasteiger partial charge in [-0.15, -0.1) is 0 Å². The van der Waals surface area contributed by atoms with Gasteiger partial charge in [0.15, 0.2) is 6.23 Å². The number of benzene rings is 1. The lowest BCUT2D eigenvalue weighted by Gasteiger charge is -2.29. The lowest BCUT2D eigenvalue weighted by Crippen LogP contribution is -2.24. The van der Waals surface area contributed by atoms with Crippen molar-refractivity contribution in [1.82, 2.24) is 14.8 Å². The van der Waals surface area contributed by atoms with Crippen LogP contribution in [0.4, 0.5) is 0 Å². The predicted octanol–water partition coefficient (Wildman–Crippen LogP) is 3.25. The molecule has 1 saturated carbocycles. The first-order valence-corrected chi connectivity index (χ1v) is 7.32. The van der Waals surface area contributed by atoms with Crippen LogP contribution in [0.2, 0.25) is 5.02 Å². The average molecular weight is 292 g/mol. The zero-order valence-corrected chi connectivity index (χ0v) is 12.1. The second kappa shape index (κ2) is 5.54. The third kappa shape index (κ3) is 2.72. The molecule has 1 aliphatic carbocycles. The van der Waals surface area contributed by atoms with E-state index < -0.39 is 6.23 Å². The highest BCUT2D eigenvalue weighted by atomic mass is 35.5. The third-order valence-corrected chi connectivity index (χ3v) is 4.47. The summed E-state index contributed by atoms with van der Waals surface area (Å²) in [5.74, 6) is 1.09. The first-order chi connectivity index (χ1) is 9.66. The number of rotatable bonds is 5. The second-order valence-electron chi connectivity index (χ2n) is 5.56. The minimum absolute atomic E-state index is 0.00136. The smallest absolute Gasteiger partial charge is 0.155 e. The molecule has 1 aliphatic rings. The summed E-state index contributed by atoms with van der Waals surface area (Å²) in [4.78, 5) is 3.92. The van der Waals surface area contributed by atoms with Crippen molar-refractivity contribution in [3.8, 4) is 0 Å². The van der Waals surface area contributed by atoms with Gasteiger partial charge in [-0.05, 0) is 42.4 Å². The quantitative estimate of drug-likeness (QED) is 0.920. The Bertz CT molecular complexity index is 551. The minimum Gasteiger partial charge on any atom is -0.371 e. The molecule has 106 valence electrons. The highest BCUT2D eigenvalue weighted by Gasteiger charge is 2.38. The van der Waals surface area contributed by atoms with E-state index in [2.05, 4.69) is 17.0 Å². The van der Waals surface area contributed by atoms with E-state index in [9.17, 15) is 5.11 Å². The third-order valence-electron chi connectivity index (χ3n) is 4.22. The highest BCUT2D eigenvalue weighted by Crippen LogP contribution is 2.47. The topological polar surface area (TPSA) is 50.9 Å². The van der Waals surface area contributed by atoms with Crippen molar-refractivity contribution in [3.05, 3.63) is 47.5 Å². The summed E-state index contributed by atoms with van der Waals surface area (Å²) in [5.41, 5.74) is 1.09. The normalized spacial score (nSPS) is 19.6. The number of hydrogen-bond acceptors (Lipinski definition) is 3. The van der Waals surface area contributed by atoms with Crippen molar-refractivity contribution >= 4 is 11.6 Å². The molecule has 1 aromatic carbocycles. The molecule has 3 rings (SSSR count). The SMILES string of the molecule is CC(C1CC1)C(c1ccc(Cl)cc1)C(O)n1cncn1. The van der Waals surface area contributed by atoms with Crippen LogP contribution in [0.15, 0.2) is 36.9 Å². The molecular weight excluding hydrogens is 274 g/mol. The van der Waals surface area contributed by atoms with Crippen LogP contribution in [0.5, 0.6) is 0 Å². The van der Waals surface area contributed by atoms with Gasteiger partial charge in [0.05, 0.1) is 0 Å². The first kappa shape index (κ1) is 13.6. The largest absolute Gasteiger partial charge is 0.371 e. The molecule has 3 unspecified atom stereocenters. The van der Waals surface area contributed by atoms with Gasteiger partial charge >= 0.3 is 0 Å². The Morgan fingerprint density at radius 3 is 2.55 bits per heavy atom. The van der Waals surface area contributed by atoms with Gasteiger partial charge in [0, 0.05) is 10.9 Å². The molecule has 20 heavy (non-hydrogen) atoms. The first-order valence-electron chi connectivity index (χ1n) is 6.94. The Morgan fingerprint density at radius 2 is 2.00 bits per heavy atom. The molecule has 1 N–H and O–H groups in total. The molecule has 0 aliphatic heterocycles. The zero-order valence-electron chi connectivity index (χ0n) is 11.4. The molecule has 0 bridgehead atoms. The van der Waals surface area contributed by atoms with Crippen molar-refractivity contribution in [2.45, 2.75) is 31.9 Å². The lowest BCUT2D eigenvalue weighted by atomic mass is 9.82. The fraction of sp³-hybridized carbons (Fsp3) is 0.467. The van der Waals surface area contributed by atoms with Crippen LogP contribution in [0, 0.1) is 11.8 Å². The Kier molecular flexibility index (Phi) is 3.76. The van der Waals surface area contributed by atoms with Crippen LogP contribution in [0.25, 0.3) is 0 Å². The molecule has 1 aromatic heterocycles. The summed E-state index contributed by atoms with van der Waals surface area (Å²) in [6.45, 7) is 2.21. The molecule has 3 atom stereocenters. The molecule has 0 spiro atoms. The van der Waals surface area contributed by atoms with Crippen LogP contribution in [-0.4, -0.2) is 19.9 Å². The van der Waals surface area contributed by atoms with Crippen LogP contribution >= 0.6 is 11.6 Å². The van der Waals surface area contributed by atoms with Crippen molar-refractivity contribution < 1.29 is 5.11 Å². The standard InChI is InChI=1S/C15H18ClN3O/c1-10(11-2-3-11)14(12-4-6-13(16)7-5-12)15(20)19-9-17-8-18-19/h4-11,14-15,20H,2-3H2,1H3. The van der Waals surface area contributed by atoms with E-state index in [1.54, 1.807) is 6.33 Å². The van der Waals surface area contributed by atoms with Crippen molar-refractivity contribution in [2.24, 2.45) is 11.8 Å². The zero-order chi connectivity index (χ0) is 14.1. The summed E-state index contributed by atoms with van der Waals surface area (Å²) in [5, 5.41) is 15.4. The molecular formula is C15H18ClN3O. The predicted molar refractivity (Wildman–Crippen MR) is 77.4 cm³/mol. The van der Waals surface area contributed by atoms with Crippen molar-refractivity contribution in [3.63, 3.8) is 0 Å². The van der Waals surface area contributed by atoms with E-state index in [-0.39, 0.29) is 5.92 Å². The molecule has 0 radical (unpaired) electrons. The van der Waals surface area contributed by atoms with Gasteiger partial charge in [0.1, 0.15) is 12.7 Å². The van der Waals surface area contributed by atoms with Gasteiger partial charge in [-0.25, -0.2) is 9.67 Å². The van der Waals surface area contributed by atoms with E-state index in [1.807, 2.05) is 24.3 Å². The van der Waals surface area contributed by atoms with Crippen molar-refractivity contribution in [1.29, 1.82) is 0 Å². The number of nitrogens with zero attached hydrogens (tertiary/aromatic N) is 3. The molecule has 1 heterocycles. The Labute approximate surface area is 123 Å². The molecule has 0 saturated heterocycles. The second-order valence-corrected chi connectivity index (χ2v) is 6.00. The monoisotopic (exact) mass is 291 g/mol. The van der Waals surface area contributed by atoms with Gasteiger partial charge in [0.25, 0.3) is 0 Å². The number of aliphatic hydroxyl groups is 1. The van der Waals surface area contributed by atoms with Gasteiger partial charge in [-0.3, -0.25) is 0 Å². The molecule has 2 aromatic rings. The summed E-state index contributed by atoms with van der Waals surface area (Å²) >= 11 is 5.96. The Hall–Kier alpha value is -1.39. The number of hydrogen-bond donors (Lipinski definition) is 1. The average Bonchev–Trinajstić information content (AvgIpc) is 3.16. The maximum atomic E-state index is 10.7. The molecule has 5 heteroatoms. The van der Waals surface area contributed by atoms with Crippen LogP contribution in [-0.2, 0) is 0 Å². The Balaban J connectivity index is 1.92. The summed E-state index contributed by atoms with van der Waals surface area (Å²) in [7, 11) is 0. The van der Waals surface area contributed by atoms with E-state index in [0.29, 0.717) is 16.9 Å². The number of halogens is 1. The molecule has 1 fully saturated rings. The summed E-state index contributed by atoms with van der Waals surface area (Å²) in [6.07, 6.45) is 4.80. The highest BCUT2D eigenvalue weighted by molar-refractivity contribution is 6.30. The maximum Gasteiger partial charge on any atom is 0.155 e. The molecule has 4 nitrogen and oxygen atoms in total.